The highest BCUT2D eigenvalue weighted by molar-refractivity contribution is 6.34. The summed E-state index contributed by atoms with van der Waals surface area (Å²) < 4.78 is 1.92. The molecule has 1 unspecified atom stereocenters. The number of aromatic nitrogens is 2. The maximum atomic E-state index is 6.74. The van der Waals surface area contributed by atoms with E-state index in [-0.39, 0.29) is 6.04 Å². The topological polar surface area (TPSA) is 92.3 Å². The van der Waals surface area contributed by atoms with Gasteiger partial charge in [-0.15, -0.1) is 0 Å². The molecule has 3 aromatic rings. The Morgan fingerprint density at radius 2 is 1.91 bits per heavy atom. The Morgan fingerprint density at radius 3 is 2.65 bits per heavy atom. The monoisotopic (exact) mass is 495 g/mol. The molecule has 176 valence electrons. The molecular weight excluding hydrogens is 469 g/mol. The molecule has 2 aromatic carbocycles. The second-order valence-electron chi connectivity index (χ2n) is 8.93. The van der Waals surface area contributed by atoms with Gasteiger partial charge in [-0.05, 0) is 68.3 Å². The highest BCUT2D eigenvalue weighted by Gasteiger charge is 2.32. The van der Waals surface area contributed by atoms with Crippen LogP contribution in [-0.4, -0.2) is 22.2 Å². The van der Waals surface area contributed by atoms with Crippen LogP contribution in [0.5, 0.6) is 0 Å². The minimum atomic E-state index is -1.25. The Balaban J connectivity index is 1.55. The molecule has 0 saturated carbocycles. The Morgan fingerprint density at radius 1 is 1.12 bits per heavy atom. The van der Waals surface area contributed by atoms with Crippen molar-refractivity contribution in [1.82, 2.24) is 20.4 Å². The Hall–Kier alpha value is -2.84. The van der Waals surface area contributed by atoms with Crippen molar-refractivity contribution in [2.24, 2.45) is 10.7 Å². The van der Waals surface area contributed by atoms with E-state index in [2.05, 4.69) is 53.1 Å². The van der Waals surface area contributed by atoms with Gasteiger partial charge in [0.25, 0.3) is 0 Å². The lowest BCUT2D eigenvalue weighted by atomic mass is 10.00. The van der Waals surface area contributed by atoms with E-state index in [1.807, 2.05) is 23.3 Å². The van der Waals surface area contributed by atoms with Crippen LogP contribution in [0.15, 0.2) is 60.0 Å². The molecule has 0 bridgehead atoms. The van der Waals surface area contributed by atoms with Gasteiger partial charge in [0, 0.05) is 57.4 Å². The van der Waals surface area contributed by atoms with E-state index in [0.717, 1.165) is 36.3 Å². The molecule has 0 amide bonds. The molecule has 1 atom stereocenters. The van der Waals surface area contributed by atoms with Crippen molar-refractivity contribution in [2.75, 3.05) is 11.9 Å². The van der Waals surface area contributed by atoms with Crippen LogP contribution < -0.4 is 21.7 Å². The van der Waals surface area contributed by atoms with Crippen molar-refractivity contribution in [1.29, 1.82) is 0 Å². The molecule has 9 heteroatoms. The molecule has 3 heterocycles. The summed E-state index contributed by atoms with van der Waals surface area (Å²) in [7, 11) is 0. The number of hydrogen-bond donors (Lipinski definition) is 4. The number of anilines is 1. The van der Waals surface area contributed by atoms with Gasteiger partial charge in [-0.2, -0.15) is 5.10 Å². The molecule has 5 N–H and O–H groups in total. The number of halogens is 2. The predicted molar refractivity (Wildman–Crippen MR) is 139 cm³/mol. The maximum absolute atomic E-state index is 6.74. The number of amidine groups is 1. The lowest BCUT2D eigenvalue weighted by Crippen LogP contribution is -2.50. The number of fused-ring (bicyclic) bond motifs is 1. The van der Waals surface area contributed by atoms with Crippen molar-refractivity contribution in [3.05, 3.63) is 87.3 Å². The SMILES string of the molecule is CC(C)n1cc(C2=CNC(N)(c3cc(Cl)cc(Cl)c3)N=C2Nc2ccc3c(c2)CNCC3)cn1. The first-order valence-electron chi connectivity index (χ1n) is 11.3. The Bertz CT molecular complexity index is 1270. The first kappa shape index (κ1) is 22.9. The molecule has 0 fully saturated rings. The first-order chi connectivity index (χ1) is 16.3. The maximum Gasteiger partial charge on any atom is 0.211 e. The van der Waals surface area contributed by atoms with Crippen LogP contribution >= 0.6 is 23.2 Å². The zero-order valence-corrected chi connectivity index (χ0v) is 20.6. The van der Waals surface area contributed by atoms with Crippen LogP contribution in [0.2, 0.25) is 10.0 Å². The molecule has 0 spiro atoms. The van der Waals surface area contributed by atoms with Crippen LogP contribution in [0.1, 0.15) is 42.1 Å². The fourth-order valence-electron chi connectivity index (χ4n) is 4.21. The number of nitrogens with zero attached hydrogens (tertiary/aromatic N) is 3. The summed E-state index contributed by atoms with van der Waals surface area (Å²) >= 11 is 12.5. The first-order valence-corrected chi connectivity index (χ1v) is 12.0. The largest absolute Gasteiger partial charge is 0.351 e. The van der Waals surface area contributed by atoms with Crippen molar-refractivity contribution >= 4 is 40.3 Å². The quantitative estimate of drug-likeness (QED) is 0.423. The van der Waals surface area contributed by atoms with Gasteiger partial charge in [-0.25, -0.2) is 4.99 Å². The van der Waals surface area contributed by atoms with Crippen molar-refractivity contribution in [3.63, 3.8) is 0 Å². The minimum absolute atomic E-state index is 0.245. The van der Waals surface area contributed by atoms with Crippen LogP contribution in [-0.2, 0) is 18.8 Å². The van der Waals surface area contributed by atoms with Gasteiger partial charge in [0.2, 0.25) is 5.79 Å². The number of rotatable bonds is 4. The highest BCUT2D eigenvalue weighted by atomic mass is 35.5. The molecule has 7 nitrogen and oxygen atoms in total. The highest BCUT2D eigenvalue weighted by Crippen LogP contribution is 2.31. The van der Waals surface area contributed by atoms with Gasteiger partial charge in [0.1, 0.15) is 5.84 Å². The normalized spacial score (nSPS) is 19.8. The molecule has 0 saturated heterocycles. The predicted octanol–water partition coefficient (Wildman–Crippen LogP) is 4.64. The zero-order chi connectivity index (χ0) is 23.9. The van der Waals surface area contributed by atoms with E-state index in [4.69, 9.17) is 33.9 Å². The van der Waals surface area contributed by atoms with Crippen molar-refractivity contribution < 1.29 is 0 Å². The third-order valence-electron chi connectivity index (χ3n) is 6.08. The van der Waals surface area contributed by atoms with Gasteiger partial charge < -0.3 is 16.0 Å². The molecule has 5 rings (SSSR count). The molecular formula is C25H27Cl2N7. The van der Waals surface area contributed by atoms with E-state index < -0.39 is 5.79 Å². The summed E-state index contributed by atoms with van der Waals surface area (Å²) in [5.74, 6) is -0.617. The molecule has 2 aliphatic rings. The Kier molecular flexibility index (Phi) is 6.12. The summed E-state index contributed by atoms with van der Waals surface area (Å²) in [4.78, 5) is 4.92. The second kappa shape index (κ2) is 9.07. The third-order valence-corrected chi connectivity index (χ3v) is 6.52. The number of hydrogen-bond acceptors (Lipinski definition) is 6. The van der Waals surface area contributed by atoms with E-state index in [1.54, 1.807) is 18.2 Å². The summed E-state index contributed by atoms with van der Waals surface area (Å²) in [6.45, 7) is 6.03. The van der Waals surface area contributed by atoms with Gasteiger partial charge in [-0.3, -0.25) is 10.4 Å². The van der Waals surface area contributed by atoms with Crippen molar-refractivity contribution in [2.45, 2.75) is 38.6 Å². The van der Waals surface area contributed by atoms with Crippen LogP contribution in [0.25, 0.3) is 5.57 Å². The van der Waals surface area contributed by atoms with E-state index in [0.29, 0.717) is 21.4 Å². The second-order valence-corrected chi connectivity index (χ2v) is 9.80. The summed E-state index contributed by atoms with van der Waals surface area (Å²) in [5, 5.41) is 15.7. The van der Waals surface area contributed by atoms with Crippen LogP contribution in [0.4, 0.5) is 5.69 Å². The zero-order valence-electron chi connectivity index (χ0n) is 19.1. The number of nitrogens with two attached hydrogens (primary N) is 1. The van der Waals surface area contributed by atoms with E-state index >= 15 is 0 Å². The fraction of sp³-hybridized carbons (Fsp3) is 0.280. The molecule has 2 aliphatic heterocycles. The van der Waals surface area contributed by atoms with Crippen LogP contribution in [0, 0.1) is 0 Å². The van der Waals surface area contributed by atoms with Crippen LogP contribution in [0.3, 0.4) is 0 Å². The summed E-state index contributed by atoms with van der Waals surface area (Å²) in [6.07, 6.45) is 6.74. The molecule has 1 aromatic heterocycles. The van der Waals surface area contributed by atoms with Gasteiger partial charge in [0.05, 0.1) is 6.20 Å². The fourth-order valence-corrected chi connectivity index (χ4v) is 4.74. The van der Waals surface area contributed by atoms with Gasteiger partial charge in [0.15, 0.2) is 0 Å². The lowest BCUT2D eigenvalue weighted by Gasteiger charge is -2.32. The Labute approximate surface area is 209 Å². The summed E-state index contributed by atoms with van der Waals surface area (Å²) in [5.41, 5.74) is 12.8. The number of aliphatic imine (C=N–C) groups is 1. The summed E-state index contributed by atoms with van der Waals surface area (Å²) in [6, 6.07) is 11.9. The average molecular weight is 496 g/mol. The molecule has 0 aliphatic carbocycles. The smallest absolute Gasteiger partial charge is 0.211 e. The number of nitrogens with one attached hydrogen (secondary N) is 3. The molecule has 34 heavy (non-hydrogen) atoms. The molecule has 0 radical (unpaired) electrons. The third kappa shape index (κ3) is 4.57. The minimum Gasteiger partial charge on any atom is -0.351 e. The van der Waals surface area contributed by atoms with E-state index in [9.17, 15) is 0 Å². The standard InChI is InChI=1S/C25H27Cl2N7/c1-15(2)34-14-18(12-31-34)23-13-30-25(28,19-8-20(26)10-21(27)9-19)33-24(23)32-22-4-3-16-5-6-29-11-17(16)7-22/h3-4,7-10,12-15,29-30H,5-6,11,28H2,1-2H3,(H,32,33). The van der Waals surface area contributed by atoms with Gasteiger partial charge >= 0.3 is 0 Å². The lowest BCUT2D eigenvalue weighted by molar-refractivity contribution is 0.412. The van der Waals surface area contributed by atoms with Crippen molar-refractivity contribution in [3.8, 4) is 0 Å². The number of benzene rings is 2. The van der Waals surface area contributed by atoms with Gasteiger partial charge in [-0.1, -0.05) is 29.3 Å². The van der Waals surface area contributed by atoms with E-state index in [1.165, 1.54) is 11.1 Å². The average Bonchev–Trinajstić information content (AvgIpc) is 3.29.